The molecule has 114 valence electrons. The van der Waals surface area contributed by atoms with E-state index in [9.17, 15) is 18.4 Å². The highest BCUT2D eigenvalue weighted by Crippen LogP contribution is 2.47. The highest BCUT2D eigenvalue weighted by atomic mass is 19.2. The van der Waals surface area contributed by atoms with E-state index in [0.29, 0.717) is 31.4 Å². The molecule has 2 N–H and O–H groups in total. The molecule has 0 saturated heterocycles. The van der Waals surface area contributed by atoms with E-state index in [1.165, 1.54) is 6.07 Å². The highest BCUT2D eigenvalue weighted by Gasteiger charge is 2.43. The first-order chi connectivity index (χ1) is 9.99. The molecule has 2 atom stereocenters. The van der Waals surface area contributed by atoms with Crippen LogP contribution in [0.3, 0.4) is 0 Å². The van der Waals surface area contributed by atoms with Gasteiger partial charge in [-0.1, -0.05) is 6.07 Å². The summed E-state index contributed by atoms with van der Waals surface area (Å²) in [5, 5.41) is 11.2. The van der Waals surface area contributed by atoms with Crippen LogP contribution in [0.25, 0.3) is 0 Å². The number of amides is 1. The predicted molar refractivity (Wildman–Crippen MR) is 71.7 cm³/mol. The molecule has 2 unspecified atom stereocenters. The van der Waals surface area contributed by atoms with Gasteiger partial charge in [-0.25, -0.2) is 8.78 Å². The van der Waals surface area contributed by atoms with Crippen molar-refractivity contribution in [2.24, 2.45) is 5.92 Å². The third-order valence-electron chi connectivity index (χ3n) is 3.62. The Kier molecular flexibility index (Phi) is 4.88. The average Bonchev–Trinajstić information content (AvgIpc) is 3.21. The molecule has 1 aliphatic carbocycles. The van der Waals surface area contributed by atoms with E-state index in [2.05, 4.69) is 5.32 Å². The van der Waals surface area contributed by atoms with Gasteiger partial charge in [0.15, 0.2) is 11.6 Å². The standard InChI is InChI=1S/C15H17F2NO3/c16-12-5-4-9(7-13(12)17)10-8-11(10)15(21)18-6-2-1-3-14(19)20/h4-5,7,10-11H,1-3,6,8H2,(H,18,21)(H,19,20). The van der Waals surface area contributed by atoms with E-state index >= 15 is 0 Å². The summed E-state index contributed by atoms with van der Waals surface area (Å²) in [6.45, 7) is 0.438. The molecule has 1 aromatic carbocycles. The number of rotatable bonds is 7. The van der Waals surface area contributed by atoms with E-state index in [-0.39, 0.29) is 24.2 Å². The monoisotopic (exact) mass is 297 g/mol. The van der Waals surface area contributed by atoms with E-state index in [1.54, 1.807) is 0 Å². The first-order valence-electron chi connectivity index (χ1n) is 6.93. The van der Waals surface area contributed by atoms with Crippen LogP contribution < -0.4 is 5.32 Å². The fraction of sp³-hybridized carbons (Fsp3) is 0.467. The van der Waals surface area contributed by atoms with Crippen molar-refractivity contribution in [3.8, 4) is 0 Å². The Morgan fingerprint density at radius 3 is 2.67 bits per heavy atom. The third-order valence-corrected chi connectivity index (χ3v) is 3.62. The van der Waals surface area contributed by atoms with Gasteiger partial charge in [0, 0.05) is 18.9 Å². The average molecular weight is 297 g/mol. The Bertz CT molecular complexity index is 548. The van der Waals surface area contributed by atoms with Crippen LogP contribution in [-0.4, -0.2) is 23.5 Å². The van der Waals surface area contributed by atoms with Crippen molar-refractivity contribution in [3.05, 3.63) is 35.4 Å². The van der Waals surface area contributed by atoms with Gasteiger partial charge < -0.3 is 10.4 Å². The van der Waals surface area contributed by atoms with Crippen molar-refractivity contribution in [2.45, 2.75) is 31.6 Å². The summed E-state index contributed by atoms with van der Waals surface area (Å²) in [5.74, 6) is -3.00. The summed E-state index contributed by atoms with van der Waals surface area (Å²) in [4.78, 5) is 22.2. The number of aliphatic carboxylic acids is 1. The zero-order valence-corrected chi connectivity index (χ0v) is 11.4. The van der Waals surface area contributed by atoms with Crippen molar-refractivity contribution in [3.63, 3.8) is 0 Å². The topological polar surface area (TPSA) is 66.4 Å². The van der Waals surface area contributed by atoms with Crippen LogP contribution in [0.1, 0.15) is 37.2 Å². The van der Waals surface area contributed by atoms with Gasteiger partial charge in [-0.2, -0.15) is 0 Å². The van der Waals surface area contributed by atoms with Crippen LogP contribution in [0.4, 0.5) is 8.78 Å². The second-order valence-electron chi connectivity index (χ2n) is 5.26. The summed E-state index contributed by atoms with van der Waals surface area (Å²) in [5.41, 5.74) is 0.639. The maximum atomic E-state index is 13.1. The van der Waals surface area contributed by atoms with Crippen molar-refractivity contribution in [2.75, 3.05) is 6.54 Å². The predicted octanol–water partition coefficient (Wildman–Crippen LogP) is 2.44. The van der Waals surface area contributed by atoms with Gasteiger partial charge >= 0.3 is 5.97 Å². The number of hydrogen-bond donors (Lipinski definition) is 2. The SMILES string of the molecule is O=C(O)CCCCNC(=O)C1CC1c1ccc(F)c(F)c1. The van der Waals surface area contributed by atoms with Gasteiger partial charge in [0.2, 0.25) is 5.91 Å². The number of carbonyl (C=O) groups is 2. The first kappa shape index (κ1) is 15.4. The van der Waals surface area contributed by atoms with Crippen LogP contribution in [0.15, 0.2) is 18.2 Å². The van der Waals surface area contributed by atoms with Gasteiger partial charge in [-0.15, -0.1) is 0 Å². The molecule has 6 heteroatoms. The molecule has 0 radical (unpaired) electrons. The van der Waals surface area contributed by atoms with Gasteiger partial charge in [0.1, 0.15) is 0 Å². The molecule has 1 aliphatic rings. The molecule has 0 bridgehead atoms. The highest BCUT2D eigenvalue weighted by molar-refractivity contribution is 5.82. The molecule has 2 rings (SSSR count). The van der Waals surface area contributed by atoms with Crippen molar-refractivity contribution in [1.29, 1.82) is 0 Å². The smallest absolute Gasteiger partial charge is 0.303 e. The Labute approximate surface area is 121 Å². The lowest BCUT2D eigenvalue weighted by Crippen LogP contribution is -2.26. The van der Waals surface area contributed by atoms with Crippen molar-refractivity contribution < 1.29 is 23.5 Å². The number of unbranched alkanes of at least 4 members (excludes halogenated alkanes) is 1. The zero-order valence-electron chi connectivity index (χ0n) is 11.4. The van der Waals surface area contributed by atoms with Crippen LogP contribution >= 0.6 is 0 Å². The summed E-state index contributed by atoms with van der Waals surface area (Å²) in [7, 11) is 0. The number of nitrogens with one attached hydrogen (secondary N) is 1. The quantitative estimate of drug-likeness (QED) is 0.760. The Morgan fingerprint density at radius 2 is 2.00 bits per heavy atom. The Morgan fingerprint density at radius 1 is 1.24 bits per heavy atom. The molecular weight excluding hydrogens is 280 g/mol. The molecule has 1 saturated carbocycles. The van der Waals surface area contributed by atoms with Crippen LogP contribution in [0.2, 0.25) is 0 Å². The molecular formula is C15H17F2NO3. The van der Waals surface area contributed by atoms with Gasteiger partial charge in [-0.3, -0.25) is 9.59 Å². The largest absolute Gasteiger partial charge is 0.481 e. The molecule has 1 fully saturated rings. The van der Waals surface area contributed by atoms with Gasteiger partial charge in [0.25, 0.3) is 0 Å². The number of carboxylic acid groups (broad SMARTS) is 1. The molecule has 0 aliphatic heterocycles. The van der Waals surface area contributed by atoms with E-state index in [4.69, 9.17) is 5.11 Å². The maximum Gasteiger partial charge on any atom is 0.303 e. The maximum absolute atomic E-state index is 13.1. The van der Waals surface area contributed by atoms with E-state index < -0.39 is 17.6 Å². The third kappa shape index (κ3) is 4.24. The van der Waals surface area contributed by atoms with Crippen molar-refractivity contribution in [1.82, 2.24) is 5.32 Å². The van der Waals surface area contributed by atoms with Crippen molar-refractivity contribution >= 4 is 11.9 Å². The lowest BCUT2D eigenvalue weighted by molar-refractivity contribution is -0.137. The molecule has 4 nitrogen and oxygen atoms in total. The van der Waals surface area contributed by atoms with Crippen LogP contribution in [-0.2, 0) is 9.59 Å². The Balaban J connectivity index is 1.73. The fourth-order valence-corrected chi connectivity index (χ4v) is 2.34. The molecule has 21 heavy (non-hydrogen) atoms. The second kappa shape index (κ2) is 6.65. The molecule has 0 spiro atoms. The summed E-state index contributed by atoms with van der Waals surface area (Å²) >= 11 is 0. The first-order valence-corrected chi connectivity index (χ1v) is 6.93. The van der Waals surface area contributed by atoms with Gasteiger partial charge in [0.05, 0.1) is 0 Å². The number of carbonyl (C=O) groups excluding carboxylic acids is 1. The van der Waals surface area contributed by atoms with Crippen LogP contribution in [0, 0.1) is 17.6 Å². The minimum atomic E-state index is -0.896. The summed E-state index contributed by atoms with van der Waals surface area (Å²) in [6.07, 6.45) is 1.86. The molecule has 0 aromatic heterocycles. The second-order valence-corrected chi connectivity index (χ2v) is 5.26. The minimum absolute atomic E-state index is 0.0564. The van der Waals surface area contributed by atoms with E-state index in [0.717, 1.165) is 12.1 Å². The molecule has 1 amide bonds. The van der Waals surface area contributed by atoms with E-state index in [1.807, 2.05) is 0 Å². The number of halogens is 2. The zero-order chi connectivity index (χ0) is 15.4. The summed E-state index contributed by atoms with van der Waals surface area (Å²) in [6, 6.07) is 3.72. The normalized spacial score (nSPS) is 20.1. The number of carboxylic acids is 1. The number of benzene rings is 1. The summed E-state index contributed by atoms with van der Waals surface area (Å²) < 4.78 is 26.0. The lowest BCUT2D eigenvalue weighted by atomic mass is 10.1. The number of hydrogen-bond acceptors (Lipinski definition) is 2. The lowest BCUT2D eigenvalue weighted by Gasteiger charge is -2.05. The Hall–Kier alpha value is -1.98. The molecule has 0 heterocycles. The van der Waals surface area contributed by atoms with Crippen LogP contribution in [0.5, 0.6) is 0 Å². The molecule has 1 aromatic rings. The fourth-order valence-electron chi connectivity index (χ4n) is 2.34. The minimum Gasteiger partial charge on any atom is -0.481 e. The van der Waals surface area contributed by atoms with Gasteiger partial charge in [-0.05, 0) is 42.9 Å².